The smallest absolute Gasteiger partial charge is 0.258 e. The molecule has 0 aromatic carbocycles. The van der Waals surface area contributed by atoms with Gasteiger partial charge in [-0.2, -0.15) is 0 Å². The lowest BCUT2D eigenvalue weighted by Gasteiger charge is -2.11. The van der Waals surface area contributed by atoms with Gasteiger partial charge < -0.3 is 0 Å². The molecule has 0 aliphatic rings. The molecule has 0 unspecified atom stereocenters. The van der Waals surface area contributed by atoms with Gasteiger partial charge in [0.25, 0.3) is 5.91 Å². The van der Waals surface area contributed by atoms with E-state index in [1.165, 1.54) is 0 Å². The summed E-state index contributed by atoms with van der Waals surface area (Å²) in [5.74, 6) is -0.377. The zero-order chi connectivity index (χ0) is 6.78. The highest BCUT2D eigenvalue weighted by molar-refractivity contribution is 14.1. The fraction of sp³-hybridized carbons (Fsp3) is 0.750. The Morgan fingerprint density at radius 3 is 2.12 bits per heavy atom. The molecule has 0 fully saturated rings. The lowest BCUT2D eigenvalue weighted by atomic mass is 10.2. The molecular weight excluding hydrogens is 221 g/mol. The Balaban J connectivity index is 3.82. The van der Waals surface area contributed by atoms with E-state index in [4.69, 9.17) is 5.21 Å². The van der Waals surface area contributed by atoms with Gasteiger partial charge >= 0.3 is 0 Å². The molecule has 1 amide bonds. The Labute approximate surface area is 61.6 Å². The predicted molar refractivity (Wildman–Crippen MR) is 38.0 cm³/mol. The highest BCUT2D eigenvalue weighted by Crippen LogP contribution is 2.15. The van der Waals surface area contributed by atoms with Crippen LogP contribution in [0.15, 0.2) is 0 Å². The van der Waals surface area contributed by atoms with E-state index < -0.39 is 3.42 Å². The largest absolute Gasteiger partial charge is 0.289 e. The molecule has 0 aliphatic carbocycles. The third-order valence-corrected chi connectivity index (χ3v) is 1.13. The summed E-state index contributed by atoms with van der Waals surface area (Å²) in [5, 5.41) is 8.07. The summed E-state index contributed by atoms with van der Waals surface area (Å²) < 4.78 is -0.521. The van der Waals surface area contributed by atoms with Crippen LogP contribution in [-0.2, 0) is 4.79 Å². The monoisotopic (exact) mass is 229 g/mol. The first-order valence-electron chi connectivity index (χ1n) is 2.12. The first-order valence-corrected chi connectivity index (χ1v) is 3.20. The second kappa shape index (κ2) is 2.63. The van der Waals surface area contributed by atoms with Gasteiger partial charge in [0.15, 0.2) is 0 Å². The van der Waals surface area contributed by atoms with Crippen LogP contribution < -0.4 is 5.48 Å². The highest BCUT2D eigenvalue weighted by atomic mass is 127. The molecule has 4 heteroatoms. The third-order valence-electron chi connectivity index (χ3n) is 0.641. The van der Waals surface area contributed by atoms with Crippen LogP contribution in [0, 0.1) is 0 Å². The molecule has 0 spiro atoms. The summed E-state index contributed by atoms with van der Waals surface area (Å²) in [5.41, 5.74) is 1.56. The van der Waals surface area contributed by atoms with Crippen LogP contribution in [0.25, 0.3) is 0 Å². The van der Waals surface area contributed by atoms with E-state index in [0.717, 1.165) is 0 Å². The van der Waals surface area contributed by atoms with Gasteiger partial charge in [-0.3, -0.25) is 10.0 Å². The molecule has 0 bridgehead atoms. The molecule has 0 aliphatic heterocycles. The molecule has 0 atom stereocenters. The van der Waals surface area contributed by atoms with E-state index in [1.54, 1.807) is 19.3 Å². The van der Waals surface area contributed by atoms with E-state index in [0.29, 0.717) is 0 Å². The number of halogens is 1. The molecule has 0 aromatic heterocycles. The van der Waals surface area contributed by atoms with Crippen LogP contribution in [0.4, 0.5) is 0 Å². The quantitative estimate of drug-likeness (QED) is 0.301. The number of nitrogens with one attached hydrogen (secondary N) is 1. The van der Waals surface area contributed by atoms with E-state index in [2.05, 4.69) is 0 Å². The van der Waals surface area contributed by atoms with Crippen LogP contribution in [-0.4, -0.2) is 14.5 Å². The van der Waals surface area contributed by atoms with Crippen molar-refractivity contribution in [1.29, 1.82) is 0 Å². The van der Waals surface area contributed by atoms with Gasteiger partial charge in [0.1, 0.15) is 0 Å². The molecule has 0 rings (SSSR count). The zero-order valence-electron chi connectivity index (χ0n) is 4.73. The lowest BCUT2D eigenvalue weighted by Crippen LogP contribution is -2.35. The summed E-state index contributed by atoms with van der Waals surface area (Å²) >= 11 is 1.93. The van der Waals surface area contributed by atoms with Gasteiger partial charge in [-0.1, -0.05) is 22.6 Å². The third kappa shape index (κ3) is 2.46. The molecule has 2 N–H and O–H groups in total. The maximum Gasteiger partial charge on any atom is 0.258 e. The second-order valence-corrected chi connectivity index (χ2v) is 4.61. The maximum atomic E-state index is 10.5. The number of alkyl halides is 1. The van der Waals surface area contributed by atoms with Crippen molar-refractivity contribution in [1.82, 2.24) is 5.48 Å². The number of hydrogen-bond acceptors (Lipinski definition) is 2. The van der Waals surface area contributed by atoms with Crippen molar-refractivity contribution in [2.75, 3.05) is 0 Å². The summed E-state index contributed by atoms with van der Waals surface area (Å²) in [6.07, 6.45) is 0. The van der Waals surface area contributed by atoms with Crippen LogP contribution in [0.3, 0.4) is 0 Å². The van der Waals surface area contributed by atoms with Gasteiger partial charge in [0.2, 0.25) is 0 Å². The van der Waals surface area contributed by atoms with E-state index in [-0.39, 0.29) is 5.91 Å². The minimum absolute atomic E-state index is 0.377. The second-order valence-electron chi connectivity index (χ2n) is 1.91. The number of carbonyl (C=O) groups excluding carboxylic acids is 1. The van der Waals surface area contributed by atoms with Gasteiger partial charge in [0.05, 0.1) is 3.42 Å². The minimum Gasteiger partial charge on any atom is -0.289 e. The van der Waals surface area contributed by atoms with Crippen molar-refractivity contribution < 1.29 is 10.0 Å². The van der Waals surface area contributed by atoms with Crippen molar-refractivity contribution in [3.05, 3.63) is 0 Å². The first kappa shape index (κ1) is 8.16. The minimum atomic E-state index is -0.521. The Morgan fingerprint density at radius 1 is 1.75 bits per heavy atom. The van der Waals surface area contributed by atoms with Crippen molar-refractivity contribution in [2.45, 2.75) is 17.3 Å². The number of carbonyl (C=O) groups is 1. The SMILES string of the molecule is CC(C)(I)C(=O)NO. The van der Waals surface area contributed by atoms with Crippen molar-refractivity contribution in [3.63, 3.8) is 0 Å². The van der Waals surface area contributed by atoms with Crippen molar-refractivity contribution >= 4 is 28.5 Å². The zero-order valence-corrected chi connectivity index (χ0v) is 6.89. The van der Waals surface area contributed by atoms with Crippen molar-refractivity contribution in [3.8, 4) is 0 Å². The summed E-state index contributed by atoms with van der Waals surface area (Å²) in [6, 6.07) is 0. The highest BCUT2D eigenvalue weighted by Gasteiger charge is 2.22. The molecule has 8 heavy (non-hydrogen) atoms. The lowest BCUT2D eigenvalue weighted by molar-refractivity contribution is -0.130. The van der Waals surface area contributed by atoms with E-state index in [1.807, 2.05) is 22.6 Å². The molecule has 0 radical (unpaired) electrons. The summed E-state index contributed by atoms with van der Waals surface area (Å²) in [4.78, 5) is 10.5. The molecule has 0 saturated heterocycles. The van der Waals surface area contributed by atoms with Gasteiger partial charge in [-0.05, 0) is 13.8 Å². The topological polar surface area (TPSA) is 49.3 Å². The average Bonchev–Trinajstić information content (AvgIpc) is 1.62. The van der Waals surface area contributed by atoms with Crippen LogP contribution in [0.5, 0.6) is 0 Å². The summed E-state index contributed by atoms with van der Waals surface area (Å²) in [6.45, 7) is 3.41. The molecule has 0 heterocycles. The van der Waals surface area contributed by atoms with Crippen LogP contribution in [0.1, 0.15) is 13.8 Å². The number of amides is 1. The van der Waals surface area contributed by atoms with Crippen molar-refractivity contribution in [2.24, 2.45) is 0 Å². The van der Waals surface area contributed by atoms with Gasteiger partial charge in [-0.15, -0.1) is 0 Å². The molecule has 0 aromatic rings. The Hall–Kier alpha value is 0.160. The fourth-order valence-corrected chi connectivity index (χ4v) is 0.254. The summed E-state index contributed by atoms with van der Waals surface area (Å²) in [7, 11) is 0. The van der Waals surface area contributed by atoms with Gasteiger partial charge in [0, 0.05) is 0 Å². The predicted octanol–water partition coefficient (Wildman–Crippen LogP) is 0.705. The molecule has 3 nitrogen and oxygen atoms in total. The van der Waals surface area contributed by atoms with E-state index in [9.17, 15) is 4.79 Å². The molecule has 48 valence electrons. The van der Waals surface area contributed by atoms with E-state index >= 15 is 0 Å². The Bertz CT molecular complexity index is 96.7. The normalized spacial score (nSPS) is 11.0. The standard InChI is InChI=1S/C4H8INO2/c1-4(2,5)3(7)6-8/h8H,1-2H3,(H,6,7). The Kier molecular flexibility index (Phi) is 2.68. The number of hydrogen-bond donors (Lipinski definition) is 2. The van der Waals surface area contributed by atoms with Gasteiger partial charge in [-0.25, -0.2) is 5.48 Å². The first-order chi connectivity index (χ1) is 3.48. The maximum absolute atomic E-state index is 10.5. The Morgan fingerprint density at radius 2 is 2.12 bits per heavy atom. The van der Waals surface area contributed by atoms with Crippen LogP contribution >= 0.6 is 22.6 Å². The average molecular weight is 229 g/mol. The number of hydroxylamine groups is 1. The molecular formula is C4H8INO2. The fourth-order valence-electron chi connectivity index (χ4n) is 0.133. The molecule has 0 saturated carbocycles. The number of rotatable bonds is 1. The van der Waals surface area contributed by atoms with Crippen LogP contribution in [0.2, 0.25) is 0 Å².